The first-order valence-electron chi connectivity index (χ1n) is 9.62. The maximum absolute atomic E-state index is 8.02. The van der Waals surface area contributed by atoms with Crippen LogP contribution in [0.3, 0.4) is 0 Å². The maximum Gasteiger partial charge on any atom is 0.217 e. The molecule has 0 saturated carbocycles. The fraction of sp³-hybridized carbons (Fsp3) is 0.217. The van der Waals surface area contributed by atoms with Gasteiger partial charge >= 0.3 is 0 Å². The van der Waals surface area contributed by atoms with Crippen LogP contribution in [0.5, 0.6) is 5.75 Å². The van der Waals surface area contributed by atoms with Crippen molar-refractivity contribution in [2.24, 2.45) is 0 Å². The molecule has 7 heteroatoms. The Balaban J connectivity index is 1.90. The van der Waals surface area contributed by atoms with E-state index in [4.69, 9.17) is 25.0 Å². The van der Waals surface area contributed by atoms with Crippen molar-refractivity contribution < 1.29 is 14.2 Å². The Bertz CT molecular complexity index is 1050. The van der Waals surface area contributed by atoms with Crippen LogP contribution in [0.25, 0.3) is 22.6 Å². The quantitative estimate of drug-likeness (QED) is 0.445. The van der Waals surface area contributed by atoms with Crippen molar-refractivity contribution in [3.63, 3.8) is 0 Å². The van der Waals surface area contributed by atoms with Gasteiger partial charge in [-0.15, -0.1) is 0 Å². The molecule has 0 atom stereocenters. The summed E-state index contributed by atoms with van der Waals surface area (Å²) in [7, 11) is 1.56. The Morgan fingerprint density at radius 3 is 2.20 bits per heavy atom. The van der Waals surface area contributed by atoms with Crippen LogP contribution in [-0.4, -0.2) is 42.1 Å². The third-order valence-corrected chi connectivity index (χ3v) is 4.38. The van der Waals surface area contributed by atoms with E-state index in [0.717, 1.165) is 16.8 Å². The molecule has 1 heterocycles. The van der Waals surface area contributed by atoms with Crippen molar-refractivity contribution in [2.45, 2.75) is 13.8 Å². The molecule has 0 unspecified atom stereocenters. The first-order chi connectivity index (χ1) is 14.6. The smallest absolute Gasteiger partial charge is 0.217 e. The van der Waals surface area contributed by atoms with Gasteiger partial charge in [-0.3, -0.25) is 10.8 Å². The summed E-state index contributed by atoms with van der Waals surface area (Å²) in [5.41, 5.74) is 3.71. The highest BCUT2D eigenvalue weighted by molar-refractivity contribution is 5.95. The van der Waals surface area contributed by atoms with E-state index in [1.54, 1.807) is 19.4 Å². The number of hydrogen-bond acceptors (Lipinski definition) is 7. The van der Waals surface area contributed by atoms with Gasteiger partial charge in [-0.1, -0.05) is 18.2 Å². The summed E-state index contributed by atoms with van der Waals surface area (Å²) in [4.78, 5) is 9.05. The van der Waals surface area contributed by atoms with Gasteiger partial charge < -0.3 is 14.2 Å². The van der Waals surface area contributed by atoms with Crippen molar-refractivity contribution in [3.8, 4) is 28.4 Å². The number of benzene rings is 2. The van der Waals surface area contributed by atoms with Crippen LogP contribution in [0, 0.1) is 10.8 Å². The number of methoxy groups -OCH3 is 1. The van der Waals surface area contributed by atoms with Crippen LogP contribution >= 0.6 is 0 Å². The summed E-state index contributed by atoms with van der Waals surface area (Å²) in [5, 5.41) is 15.9. The third-order valence-electron chi connectivity index (χ3n) is 4.38. The average Bonchev–Trinajstić information content (AvgIpc) is 2.79. The summed E-state index contributed by atoms with van der Waals surface area (Å²) < 4.78 is 16.0. The summed E-state index contributed by atoms with van der Waals surface area (Å²) in [6.07, 6.45) is 1.70. The van der Waals surface area contributed by atoms with Crippen LogP contribution in [0.4, 0.5) is 0 Å². The van der Waals surface area contributed by atoms with E-state index in [2.05, 4.69) is 9.97 Å². The van der Waals surface area contributed by atoms with Gasteiger partial charge in [-0.05, 0) is 44.2 Å². The minimum absolute atomic E-state index is 0.0713. The standard InChI is InChI=1S/C23H24N4O3/c1-4-29-21(24)15-6-8-16(9-7-15)23-26-13-12-19(27-23)17-10-11-18(20(14-17)28-3)22(25)30-5-2/h6-14,24-25H,4-5H2,1-3H3. The molecule has 0 saturated heterocycles. The molecule has 0 aliphatic carbocycles. The lowest BCUT2D eigenvalue weighted by atomic mass is 10.1. The lowest BCUT2D eigenvalue weighted by molar-refractivity contribution is 0.323. The number of aromatic nitrogens is 2. The zero-order valence-corrected chi connectivity index (χ0v) is 17.2. The molecule has 154 valence electrons. The normalized spacial score (nSPS) is 10.4. The molecule has 7 nitrogen and oxygen atoms in total. The highest BCUT2D eigenvalue weighted by Gasteiger charge is 2.13. The molecule has 1 aromatic heterocycles. The number of nitrogens with zero attached hydrogens (tertiary/aromatic N) is 2. The molecular formula is C23H24N4O3. The molecule has 0 bridgehead atoms. The molecule has 2 aromatic carbocycles. The second-order valence-corrected chi connectivity index (χ2v) is 6.28. The first-order valence-corrected chi connectivity index (χ1v) is 9.62. The van der Waals surface area contributed by atoms with E-state index in [-0.39, 0.29) is 11.8 Å². The minimum atomic E-state index is 0.0713. The van der Waals surface area contributed by atoms with Crippen LogP contribution in [0.1, 0.15) is 25.0 Å². The van der Waals surface area contributed by atoms with Crippen molar-refractivity contribution in [3.05, 3.63) is 65.9 Å². The van der Waals surface area contributed by atoms with Gasteiger partial charge in [0.1, 0.15) is 5.75 Å². The molecule has 0 aliphatic heterocycles. The number of ether oxygens (including phenoxy) is 3. The Morgan fingerprint density at radius 2 is 1.53 bits per heavy atom. The Hall–Kier alpha value is -3.74. The summed E-state index contributed by atoms with van der Waals surface area (Å²) in [6.45, 7) is 4.56. The van der Waals surface area contributed by atoms with Gasteiger partial charge in [0.05, 0.1) is 31.6 Å². The fourth-order valence-corrected chi connectivity index (χ4v) is 2.92. The molecule has 3 aromatic rings. The molecular weight excluding hydrogens is 380 g/mol. The molecule has 0 amide bonds. The highest BCUT2D eigenvalue weighted by Crippen LogP contribution is 2.28. The van der Waals surface area contributed by atoms with E-state index in [1.807, 2.05) is 56.3 Å². The van der Waals surface area contributed by atoms with Crippen molar-refractivity contribution in [1.82, 2.24) is 9.97 Å². The third kappa shape index (κ3) is 4.63. The van der Waals surface area contributed by atoms with E-state index >= 15 is 0 Å². The zero-order valence-electron chi connectivity index (χ0n) is 17.2. The van der Waals surface area contributed by atoms with E-state index < -0.39 is 0 Å². The molecule has 0 fully saturated rings. The van der Waals surface area contributed by atoms with Crippen LogP contribution in [-0.2, 0) is 9.47 Å². The summed E-state index contributed by atoms with van der Waals surface area (Å²) in [6, 6.07) is 14.7. The van der Waals surface area contributed by atoms with E-state index in [1.165, 1.54) is 0 Å². The summed E-state index contributed by atoms with van der Waals surface area (Å²) in [5.74, 6) is 1.34. The first kappa shape index (κ1) is 21.0. The largest absolute Gasteiger partial charge is 0.496 e. The maximum atomic E-state index is 8.02. The van der Waals surface area contributed by atoms with Gasteiger partial charge in [-0.2, -0.15) is 0 Å². The molecule has 3 rings (SSSR count). The monoisotopic (exact) mass is 404 g/mol. The Morgan fingerprint density at radius 1 is 0.867 bits per heavy atom. The Labute approximate surface area is 175 Å². The van der Waals surface area contributed by atoms with E-state index in [9.17, 15) is 0 Å². The molecule has 0 aliphatic rings. The number of hydrogen-bond donors (Lipinski definition) is 2. The minimum Gasteiger partial charge on any atom is -0.496 e. The number of nitrogens with one attached hydrogen (secondary N) is 2. The summed E-state index contributed by atoms with van der Waals surface area (Å²) >= 11 is 0. The number of rotatable bonds is 7. The lowest BCUT2D eigenvalue weighted by Crippen LogP contribution is -2.07. The van der Waals surface area contributed by atoms with Gasteiger partial charge in [0, 0.05) is 22.9 Å². The fourth-order valence-electron chi connectivity index (χ4n) is 2.92. The second kappa shape index (κ2) is 9.65. The molecule has 0 radical (unpaired) electrons. The zero-order chi connectivity index (χ0) is 21.5. The second-order valence-electron chi connectivity index (χ2n) is 6.28. The molecule has 2 N–H and O–H groups in total. The van der Waals surface area contributed by atoms with Crippen LogP contribution < -0.4 is 4.74 Å². The van der Waals surface area contributed by atoms with Gasteiger partial charge in [0.15, 0.2) is 5.82 Å². The van der Waals surface area contributed by atoms with E-state index in [0.29, 0.717) is 35.9 Å². The molecule has 30 heavy (non-hydrogen) atoms. The van der Waals surface area contributed by atoms with Crippen molar-refractivity contribution in [1.29, 1.82) is 10.8 Å². The predicted octanol–water partition coefficient (Wildman–Crippen LogP) is 4.54. The van der Waals surface area contributed by atoms with Gasteiger partial charge in [0.25, 0.3) is 0 Å². The van der Waals surface area contributed by atoms with Gasteiger partial charge in [0.2, 0.25) is 11.8 Å². The predicted molar refractivity (Wildman–Crippen MR) is 116 cm³/mol. The van der Waals surface area contributed by atoms with Gasteiger partial charge in [-0.25, -0.2) is 9.97 Å². The van der Waals surface area contributed by atoms with Crippen LogP contribution in [0.2, 0.25) is 0 Å². The van der Waals surface area contributed by atoms with Crippen molar-refractivity contribution >= 4 is 11.8 Å². The highest BCUT2D eigenvalue weighted by atomic mass is 16.5. The average molecular weight is 404 g/mol. The lowest BCUT2D eigenvalue weighted by Gasteiger charge is -2.12. The molecule has 0 spiro atoms. The van der Waals surface area contributed by atoms with Crippen molar-refractivity contribution in [2.75, 3.05) is 20.3 Å². The van der Waals surface area contributed by atoms with Crippen LogP contribution in [0.15, 0.2) is 54.7 Å². The SMILES string of the molecule is CCOC(=N)c1ccc(-c2nccc(-c3ccc(C(=N)OCC)c(OC)c3)n2)cc1. The topological polar surface area (TPSA) is 101 Å². The Kier molecular flexibility index (Phi) is 6.75.